The minimum absolute atomic E-state index is 0.124. The van der Waals surface area contributed by atoms with Gasteiger partial charge < -0.3 is 15.1 Å². The summed E-state index contributed by atoms with van der Waals surface area (Å²) >= 11 is 0. The summed E-state index contributed by atoms with van der Waals surface area (Å²) < 4.78 is 13.1. The summed E-state index contributed by atoms with van der Waals surface area (Å²) in [7, 11) is 0. The van der Waals surface area contributed by atoms with E-state index in [9.17, 15) is 14.0 Å². The third-order valence-corrected chi connectivity index (χ3v) is 4.73. The van der Waals surface area contributed by atoms with E-state index < -0.39 is 0 Å². The number of nitrogens with zero attached hydrogens (tertiary/aromatic N) is 1. The van der Waals surface area contributed by atoms with Crippen molar-refractivity contribution in [3.63, 3.8) is 0 Å². The fraction of sp³-hybridized carbons (Fsp3) is 0.529. The minimum Gasteiger partial charge on any atom is -0.331 e. The molecule has 0 radical (unpaired) electrons. The largest absolute Gasteiger partial charge is 0.331 e. The molecule has 1 aliphatic carbocycles. The first-order valence-corrected chi connectivity index (χ1v) is 8.20. The second kappa shape index (κ2) is 6.66. The third-order valence-electron chi connectivity index (χ3n) is 4.73. The molecule has 0 unspecified atom stereocenters. The highest BCUT2D eigenvalue weighted by molar-refractivity contribution is 5.91. The summed E-state index contributed by atoms with van der Waals surface area (Å²) in [6.07, 6.45) is 1.02. The number of hydrogen-bond donors (Lipinski definition) is 2. The van der Waals surface area contributed by atoms with E-state index in [1.807, 2.05) is 4.90 Å². The Labute approximate surface area is 135 Å². The van der Waals surface area contributed by atoms with Crippen LogP contribution in [0.5, 0.6) is 0 Å². The van der Waals surface area contributed by atoms with Gasteiger partial charge in [-0.2, -0.15) is 0 Å². The number of amides is 2. The Balaban J connectivity index is 1.43. The highest BCUT2D eigenvalue weighted by Gasteiger charge is 2.42. The summed E-state index contributed by atoms with van der Waals surface area (Å²) in [5.74, 6) is 0.552. The summed E-state index contributed by atoms with van der Waals surface area (Å²) in [6, 6.07) is 5.89. The van der Waals surface area contributed by atoms with Gasteiger partial charge in [-0.25, -0.2) is 4.39 Å². The zero-order valence-electron chi connectivity index (χ0n) is 13.3. The smallest absolute Gasteiger partial charge is 0.279 e. The van der Waals surface area contributed by atoms with Gasteiger partial charge in [0.15, 0.2) is 6.54 Å². The van der Waals surface area contributed by atoms with Gasteiger partial charge in [-0.3, -0.25) is 9.59 Å². The van der Waals surface area contributed by atoms with Gasteiger partial charge in [-0.1, -0.05) is 13.0 Å². The zero-order valence-corrected chi connectivity index (χ0v) is 13.3. The molecule has 2 aliphatic rings. The van der Waals surface area contributed by atoms with Gasteiger partial charge in [0.25, 0.3) is 5.91 Å². The van der Waals surface area contributed by atoms with Gasteiger partial charge in [0.2, 0.25) is 5.91 Å². The maximum absolute atomic E-state index is 13.1. The van der Waals surface area contributed by atoms with Crippen LogP contribution in [0.1, 0.15) is 13.3 Å². The molecule has 2 N–H and O–H groups in total. The third kappa shape index (κ3) is 4.07. The summed E-state index contributed by atoms with van der Waals surface area (Å²) in [6.45, 7) is 5.45. The Kier molecular flexibility index (Phi) is 4.61. The van der Waals surface area contributed by atoms with Crippen molar-refractivity contribution in [2.45, 2.75) is 13.3 Å². The standard InChI is InChI=1S/C17H22FN3O2/c1-12-9-15(12)17(23)21-7-5-20(6-8-21)11-16(22)19-14-4-2-3-13(18)10-14/h2-4,10,12,15H,5-9,11H2,1H3,(H,19,22)/p+1/t12-,15+/m1/s1. The van der Waals surface area contributed by atoms with Crippen LogP contribution in [0, 0.1) is 17.7 Å². The molecule has 5 nitrogen and oxygen atoms in total. The molecule has 23 heavy (non-hydrogen) atoms. The molecular formula is C17H23FN3O2+. The lowest BCUT2D eigenvalue weighted by atomic mass is 10.2. The first-order chi connectivity index (χ1) is 11.0. The van der Waals surface area contributed by atoms with Crippen molar-refractivity contribution in [2.24, 2.45) is 11.8 Å². The number of benzene rings is 1. The Morgan fingerprint density at radius 2 is 2.04 bits per heavy atom. The van der Waals surface area contributed by atoms with Crippen molar-refractivity contribution in [1.82, 2.24) is 4.90 Å². The number of anilines is 1. The van der Waals surface area contributed by atoms with Crippen LogP contribution in [0.2, 0.25) is 0 Å². The van der Waals surface area contributed by atoms with Gasteiger partial charge in [-0.15, -0.1) is 0 Å². The predicted molar refractivity (Wildman–Crippen MR) is 84.4 cm³/mol. The number of nitrogens with one attached hydrogen (secondary N) is 2. The highest BCUT2D eigenvalue weighted by atomic mass is 19.1. The fourth-order valence-electron chi connectivity index (χ4n) is 3.12. The molecular weight excluding hydrogens is 297 g/mol. The normalized spacial score (nSPS) is 24.3. The van der Waals surface area contributed by atoms with Crippen LogP contribution in [-0.4, -0.2) is 49.4 Å². The average Bonchev–Trinajstić information content (AvgIpc) is 3.24. The lowest BCUT2D eigenvalue weighted by Gasteiger charge is -2.32. The summed E-state index contributed by atoms with van der Waals surface area (Å²) in [5, 5.41) is 2.72. The molecule has 2 amide bonds. The van der Waals surface area contributed by atoms with Crippen molar-refractivity contribution in [3.8, 4) is 0 Å². The van der Waals surface area contributed by atoms with E-state index in [-0.39, 0.29) is 23.5 Å². The topological polar surface area (TPSA) is 53.9 Å². The monoisotopic (exact) mass is 320 g/mol. The number of quaternary nitrogens is 1. The van der Waals surface area contributed by atoms with E-state index in [0.717, 1.165) is 24.4 Å². The Morgan fingerprint density at radius 1 is 1.35 bits per heavy atom. The lowest BCUT2D eigenvalue weighted by molar-refractivity contribution is -0.895. The molecule has 1 aromatic carbocycles. The molecule has 1 aromatic rings. The van der Waals surface area contributed by atoms with Crippen molar-refractivity contribution >= 4 is 17.5 Å². The quantitative estimate of drug-likeness (QED) is 0.830. The molecule has 6 heteroatoms. The van der Waals surface area contributed by atoms with E-state index in [2.05, 4.69) is 12.2 Å². The molecule has 1 aliphatic heterocycles. The van der Waals surface area contributed by atoms with Crippen LogP contribution < -0.4 is 10.2 Å². The van der Waals surface area contributed by atoms with Crippen LogP contribution in [0.4, 0.5) is 10.1 Å². The highest BCUT2D eigenvalue weighted by Crippen LogP contribution is 2.39. The number of rotatable bonds is 4. The van der Waals surface area contributed by atoms with Crippen molar-refractivity contribution in [3.05, 3.63) is 30.1 Å². The molecule has 2 atom stereocenters. The maximum Gasteiger partial charge on any atom is 0.279 e. The average molecular weight is 320 g/mol. The Hall–Kier alpha value is -1.95. The van der Waals surface area contributed by atoms with E-state index in [1.54, 1.807) is 12.1 Å². The summed E-state index contributed by atoms with van der Waals surface area (Å²) in [5.41, 5.74) is 0.478. The van der Waals surface area contributed by atoms with Crippen LogP contribution in [0.15, 0.2) is 24.3 Å². The van der Waals surface area contributed by atoms with Gasteiger partial charge in [0, 0.05) is 11.6 Å². The second-order valence-electron chi connectivity index (χ2n) is 6.63. The van der Waals surface area contributed by atoms with Gasteiger partial charge >= 0.3 is 0 Å². The predicted octanol–water partition coefficient (Wildman–Crippen LogP) is 0.147. The molecule has 0 bridgehead atoms. The number of carbonyl (C=O) groups is 2. The lowest BCUT2D eigenvalue weighted by Crippen LogP contribution is -3.15. The zero-order chi connectivity index (χ0) is 16.4. The Bertz CT molecular complexity index is 599. The van der Waals surface area contributed by atoms with Crippen LogP contribution in [0.25, 0.3) is 0 Å². The van der Waals surface area contributed by atoms with Crippen molar-refractivity contribution in [2.75, 3.05) is 38.0 Å². The second-order valence-corrected chi connectivity index (χ2v) is 6.63. The van der Waals surface area contributed by atoms with Crippen molar-refractivity contribution < 1.29 is 18.9 Å². The van der Waals surface area contributed by atoms with Gasteiger partial charge in [0.1, 0.15) is 5.82 Å². The summed E-state index contributed by atoms with van der Waals surface area (Å²) in [4.78, 5) is 27.3. The number of piperazine rings is 1. The van der Waals surface area contributed by atoms with Gasteiger partial charge in [-0.05, 0) is 30.5 Å². The molecule has 3 rings (SSSR count). The maximum atomic E-state index is 13.1. The van der Waals surface area contributed by atoms with Crippen LogP contribution >= 0.6 is 0 Å². The number of hydrogen-bond acceptors (Lipinski definition) is 2. The van der Waals surface area contributed by atoms with Gasteiger partial charge in [0.05, 0.1) is 26.2 Å². The molecule has 2 fully saturated rings. The van der Waals surface area contributed by atoms with E-state index in [4.69, 9.17) is 0 Å². The molecule has 1 heterocycles. The molecule has 0 aromatic heterocycles. The number of carbonyl (C=O) groups excluding carboxylic acids is 2. The SMILES string of the molecule is C[C@@H]1C[C@@H]1C(=O)N1CC[NH+](CC(=O)Nc2cccc(F)c2)CC1. The minimum atomic E-state index is -0.364. The first kappa shape index (κ1) is 15.9. The number of halogens is 1. The molecule has 1 saturated carbocycles. The first-order valence-electron chi connectivity index (χ1n) is 8.20. The fourth-order valence-corrected chi connectivity index (χ4v) is 3.12. The molecule has 1 saturated heterocycles. The molecule has 124 valence electrons. The van der Waals surface area contributed by atoms with E-state index in [1.165, 1.54) is 12.1 Å². The van der Waals surface area contributed by atoms with Crippen LogP contribution in [0.3, 0.4) is 0 Å². The van der Waals surface area contributed by atoms with Crippen LogP contribution in [-0.2, 0) is 9.59 Å². The Morgan fingerprint density at radius 3 is 2.65 bits per heavy atom. The molecule has 0 spiro atoms. The van der Waals surface area contributed by atoms with E-state index >= 15 is 0 Å². The van der Waals surface area contributed by atoms with E-state index in [0.29, 0.717) is 31.2 Å². The van der Waals surface area contributed by atoms with Crippen molar-refractivity contribution in [1.29, 1.82) is 0 Å².